The highest BCUT2D eigenvalue weighted by molar-refractivity contribution is 5.81. The van der Waals surface area contributed by atoms with Gasteiger partial charge in [-0.1, -0.05) is 6.58 Å². The van der Waals surface area contributed by atoms with Gasteiger partial charge in [0.25, 0.3) is 0 Å². The number of aromatic nitrogens is 2. The predicted molar refractivity (Wildman–Crippen MR) is 42.0 cm³/mol. The average Bonchev–Trinajstić information content (AvgIpc) is 2.16. The summed E-state index contributed by atoms with van der Waals surface area (Å²) < 4.78 is 4.74. The molecule has 0 aromatic carbocycles. The van der Waals surface area contributed by atoms with Crippen LogP contribution in [0.1, 0.15) is 5.56 Å². The van der Waals surface area contributed by atoms with Crippen LogP contribution in [-0.2, 0) is 16.1 Å². The van der Waals surface area contributed by atoms with Crippen LogP contribution >= 0.6 is 0 Å². The van der Waals surface area contributed by atoms with E-state index < -0.39 is 5.97 Å². The lowest BCUT2D eigenvalue weighted by Crippen LogP contribution is -2.00. The molecule has 1 rings (SSSR count). The zero-order valence-electron chi connectivity index (χ0n) is 6.43. The van der Waals surface area contributed by atoms with Gasteiger partial charge in [0, 0.05) is 24.0 Å². The highest BCUT2D eigenvalue weighted by atomic mass is 16.5. The van der Waals surface area contributed by atoms with Gasteiger partial charge >= 0.3 is 5.97 Å². The third kappa shape index (κ3) is 2.49. The molecule has 62 valence electrons. The fourth-order valence-electron chi connectivity index (χ4n) is 0.618. The Bertz CT molecular complexity index is 272. The molecule has 1 aromatic rings. The van der Waals surface area contributed by atoms with E-state index in [1.807, 2.05) is 0 Å². The molecule has 0 unspecified atom stereocenters. The second-order valence-electron chi connectivity index (χ2n) is 2.06. The Labute approximate surface area is 69.9 Å². The van der Waals surface area contributed by atoms with Crippen molar-refractivity contribution >= 4 is 5.97 Å². The molecular weight excluding hydrogens is 156 g/mol. The summed E-state index contributed by atoms with van der Waals surface area (Å²) in [6.07, 6.45) is 5.70. The number of esters is 1. The van der Waals surface area contributed by atoms with Crippen molar-refractivity contribution in [2.24, 2.45) is 0 Å². The van der Waals surface area contributed by atoms with Gasteiger partial charge in [-0.2, -0.15) is 0 Å². The highest BCUT2D eigenvalue weighted by Crippen LogP contribution is 1.95. The van der Waals surface area contributed by atoms with Crippen molar-refractivity contribution in [2.75, 3.05) is 0 Å². The van der Waals surface area contributed by atoms with E-state index in [1.54, 1.807) is 12.4 Å². The van der Waals surface area contributed by atoms with Crippen LogP contribution < -0.4 is 0 Å². The van der Waals surface area contributed by atoms with Crippen LogP contribution in [0, 0.1) is 0 Å². The number of carbonyl (C=O) groups excluding carboxylic acids is 1. The largest absolute Gasteiger partial charge is 0.458 e. The van der Waals surface area contributed by atoms with Crippen LogP contribution in [0.4, 0.5) is 0 Å². The third-order valence-corrected chi connectivity index (χ3v) is 1.16. The number of ether oxygens (including phenoxy) is 1. The van der Waals surface area contributed by atoms with E-state index in [0.717, 1.165) is 11.6 Å². The van der Waals surface area contributed by atoms with Crippen LogP contribution in [0.25, 0.3) is 0 Å². The average molecular weight is 164 g/mol. The topological polar surface area (TPSA) is 52.1 Å². The molecule has 0 aliphatic rings. The first-order valence-corrected chi connectivity index (χ1v) is 3.36. The third-order valence-electron chi connectivity index (χ3n) is 1.16. The van der Waals surface area contributed by atoms with Gasteiger partial charge in [-0.25, -0.2) is 14.8 Å². The standard InChI is InChI=1S/C8H8N2O2/c1-2-8(11)12-5-7-3-9-6-10-4-7/h2-4,6H,1,5H2. The first-order chi connectivity index (χ1) is 5.83. The second-order valence-corrected chi connectivity index (χ2v) is 2.06. The molecule has 1 aromatic heterocycles. The van der Waals surface area contributed by atoms with Crippen LogP contribution in [0.2, 0.25) is 0 Å². The van der Waals surface area contributed by atoms with Gasteiger partial charge < -0.3 is 4.74 Å². The van der Waals surface area contributed by atoms with E-state index in [1.165, 1.54) is 6.33 Å². The number of rotatable bonds is 3. The summed E-state index contributed by atoms with van der Waals surface area (Å²) in [5.74, 6) is -0.446. The van der Waals surface area contributed by atoms with Crippen molar-refractivity contribution in [2.45, 2.75) is 6.61 Å². The lowest BCUT2D eigenvalue weighted by atomic mass is 10.4. The quantitative estimate of drug-likeness (QED) is 0.487. The van der Waals surface area contributed by atoms with Gasteiger partial charge in [0.1, 0.15) is 12.9 Å². The minimum Gasteiger partial charge on any atom is -0.458 e. The van der Waals surface area contributed by atoms with Crippen LogP contribution in [0.5, 0.6) is 0 Å². The molecule has 0 saturated carbocycles. The van der Waals surface area contributed by atoms with Gasteiger partial charge in [-0.3, -0.25) is 0 Å². The fourth-order valence-corrected chi connectivity index (χ4v) is 0.618. The summed E-state index contributed by atoms with van der Waals surface area (Å²) in [7, 11) is 0. The molecule has 0 spiro atoms. The molecule has 0 N–H and O–H groups in total. The molecule has 0 fully saturated rings. The first kappa shape index (κ1) is 8.39. The van der Waals surface area contributed by atoms with Crippen LogP contribution in [-0.4, -0.2) is 15.9 Å². The normalized spacial score (nSPS) is 9.00. The Morgan fingerprint density at radius 3 is 2.83 bits per heavy atom. The van der Waals surface area contributed by atoms with Crippen molar-refractivity contribution in [3.05, 3.63) is 36.9 Å². The van der Waals surface area contributed by atoms with E-state index >= 15 is 0 Å². The highest BCUT2D eigenvalue weighted by Gasteiger charge is 1.96. The summed E-state index contributed by atoms with van der Waals surface area (Å²) in [6.45, 7) is 3.45. The van der Waals surface area contributed by atoms with Crippen molar-refractivity contribution in [3.8, 4) is 0 Å². The summed E-state index contributed by atoms with van der Waals surface area (Å²) >= 11 is 0. The smallest absolute Gasteiger partial charge is 0.330 e. The summed E-state index contributed by atoms with van der Waals surface area (Å²) in [4.78, 5) is 18.1. The van der Waals surface area contributed by atoms with Crippen molar-refractivity contribution in [1.82, 2.24) is 9.97 Å². The molecule has 0 atom stereocenters. The predicted octanol–water partition coefficient (Wildman–Crippen LogP) is 0.706. The van der Waals surface area contributed by atoms with Crippen molar-refractivity contribution in [3.63, 3.8) is 0 Å². The maximum Gasteiger partial charge on any atom is 0.330 e. The Balaban J connectivity index is 2.43. The van der Waals surface area contributed by atoms with Crippen LogP contribution in [0.15, 0.2) is 31.4 Å². The molecule has 4 nitrogen and oxygen atoms in total. The molecule has 12 heavy (non-hydrogen) atoms. The lowest BCUT2D eigenvalue weighted by Gasteiger charge is -1.99. The number of carbonyl (C=O) groups is 1. The van der Waals surface area contributed by atoms with Crippen molar-refractivity contribution in [1.29, 1.82) is 0 Å². The van der Waals surface area contributed by atoms with Crippen LogP contribution in [0.3, 0.4) is 0 Å². The van der Waals surface area contributed by atoms with Gasteiger partial charge in [-0.15, -0.1) is 0 Å². The molecular formula is C8H8N2O2. The summed E-state index contributed by atoms with van der Waals surface area (Å²) in [5.41, 5.74) is 0.757. The second kappa shape index (κ2) is 4.23. The first-order valence-electron chi connectivity index (χ1n) is 3.36. The minimum atomic E-state index is -0.446. The van der Waals surface area contributed by atoms with E-state index in [9.17, 15) is 4.79 Å². The van der Waals surface area contributed by atoms with E-state index in [4.69, 9.17) is 4.74 Å². The van der Waals surface area contributed by atoms with Gasteiger partial charge in [0.05, 0.1) is 0 Å². The molecule has 0 aliphatic carbocycles. The zero-order chi connectivity index (χ0) is 8.81. The Kier molecular flexibility index (Phi) is 2.95. The van der Waals surface area contributed by atoms with Gasteiger partial charge in [0.15, 0.2) is 0 Å². The number of nitrogens with zero attached hydrogens (tertiary/aromatic N) is 2. The van der Waals surface area contributed by atoms with E-state index in [-0.39, 0.29) is 6.61 Å². The molecule has 0 aliphatic heterocycles. The molecule has 0 bridgehead atoms. The lowest BCUT2D eigenvalue weighted by molar-refractivity contribution is -0.138. The number of hydrogen-bond acceptors (Lipinski definition) is 4. The zero-order valence-corrected chi connectivity index (χ0v) is 6.43. The Hall–Kier alpha value is -1.71. The fraction of sp³-hybridized carbons (Fsp3) is 0.125. The maximum atomic E-state index is 10.6. The molecule has 1 heterocycles. The number of hydrogen-bond donors (Lipinski definition) is 0. The van der Waals surface area contributed by atoms with Gasteiger partial charge in [0.2, 0.25) is 0 Å². The SMILES string of the molecule is C=CC(=O)OCc1cncnc1. The molecule has 0 radical (unpaired) electrons. The molecule has 0 saturated heterocycles. The summed E-state index contributed by atoms with van der Waals surface area (Å²) in [5, 5.41) is 0. The van der Waals surface area contributed by atoms with E-state index in [0.29, 0.717) is 0 Å². The minimum absolute atomic E-state index is 0.186. The van der Waals surface area contributed by atoms with E-state index in [2.05, 4.69) is 16.5 Å². The molecule has 0 amide bonds. The monoisotopic (exact) mass is 164 g/mol. The summed E-state index contributed by atoms with van der Waals surface area (Å²) in [6, 6.07) is 0. The molecule has 4 heteroatoms. The van der Waals surface area contributed by atoms with Gasteiger partial charge in [-0.05, 0) is 0 Å². The Morgan fingerprint density at radius 2 is 2.25 bits per heavy atom. The Morgan fingerprint density at radius 1 is 1.58 bits per heavy atom. The van der Waals surface area contributed by atoms with Crippen molar-refractivity contribution < 1.29 is 9.53 Å². The maximum absolute atomic E-state index is 10.6.